The number of rotatable bonds is 18. The molecule has 0 saturated heterocycles. The molecule has 0 bridgehead atoms. The monoisotopic (exact) mass is 523 g/mol. The lowest BCUT2D eigenvalue weighted by Crippen LogP contribution is -1.97. The Hall–Kier alpha value is -2.93. The Balaban J connectivity index is 1.42. The van der Waals surface area contributed by atoms with Crippen molar-refractivity contribution in [2.45, 2.75) is 84.5 Å². The van der Waals surface area contributed by atoms with E-state index in [2.05, 4.69) is 29.0 Å². The van der Waals surface area contributed by atoms with Gasteiger partial charge in [0.1, 0.15) is 22.3 Å². The topological polar surface area (TPSA) is 76.8 Å². The Bertz CT molecular complexity index is 1070. The van der Waals surface area contributed by atoms with Crippen molar-refractivity contribution in [3.63, 3.8) is 0 Å². The van der Waals surface area contributed by atoms with Crippen LogP contribution in [0.15, 0.2) is 47.5 Å². The Morgan fingerprint density at radius 1 is 0.757 bits per heavy atom. The number of aliphatic imine (C=N–C) groups is 1. The summed E-state index contributed by atoms with van der Waals surface area (Å²) >= 11 is 1.40. The minimum absolute atomic E-state index is 0.129. The molecule has 6 nitrogen and oxygen atoms in total. The first-order chi connectivity index (χ1) is 18.2. The van der Waals surface area contributed by atoms with Crippen molar-refractivity contribution >= 4 is 22.7 Å². The number of hydrogen-bond donors (Lipinski definition) is 1. The van der Waals surface area contributed by atoms with Gasteiger partial charge in [-0.05, 0) is 49.2 Å². The molecule has 37 heavy (non-hydrogen) atoms. The molecule has 0 fully saturated rings. The van der Waals surface area contributed by atoms with Crippen LogP contribution in [0.1, 0.15) is 90.0 Å². The van der Waals surface area contributed by atoms with Crippen molar-refractivity contribution in [1.82, 2.24) is 10.2 Å². The van der Waals surface area contributed by atoms with Gasteiger partial charge in [-0.15, -0.1) is 10.2 Å². The van der Waals surface area contributed by atoms with Crippen LogP contribution in [0.25, 0.3) is 10.6 Å². The summed E-state index contributed by atoms with van der Waals surface area (Å²) in [6.45, 7) is 5.82. The molecular weight excluding hydrogens is 482 g/mol. The van der Waals surface area contributed by atoms with E-state index in [1.165, 1.54) is 56.3 Å². The molecule has 0 aliphatic rings. The molecule has 3 rings (SSSR count). The third kappa shape index (κ3) is 10.5. The van der Waals surface area contributed by atoms with Crippen LogP contribution in [0.3, 0.4) is 0 Å². The van der Waals surface area contributed by atoms with Gasteiger partial charge in [0.05, 0.1) is 13.2 Å². The molecular formula is C30H41N3O3S. The summed E-state index contributed by atoms with van der Waals surface area (Å²) in [5, 5.41) is 20.1. The fourth-order valence-electron chi connectivity index (χ4n) is 3.89. The number of aromatic hydroxyl groups is 1. The number of phenols is 1. The summed E-state index contributed by atoms with van der Waals surface area (Å²) < 4.78 is 11.6. The number of ether oxygens (including phenoxy) is 2. The van der Waals surface area contributed by atoms with Gasteiger partial charge in [-0.2, -0.15) is 0 Å². The van der Waals surface area contributed by atoms with E-state index in [0.717, 1.165) is 48.6 Å². The van der Waals surface area contributed by atoms with Gasteiger partial charge in [-0.1, -0.05) is 83.0 Å². The highest BCUT2D eigenvalue weighted by molar-refractivity contribution is 7.18. The van der Waals surface area contributed by atoms with E-state index in [4.69, 9.17) is 9.47 Å². The van der Waals surface area contributed by atoms with Gasteiger partial charge in [-0.3, -0.25) is 0 Å². The zero-order valence-corrected chi connectivity index (χ0v) is 23.1. The van der Waals surface area contributed by atoms with Gasteiger partial charge >= 0.3 is 0 Å². The van der Waals surface area contributed by atoms with Crippen molar-refractivity contribution in [1.29, 1.82) is 0 Å². The van der Waals surface area contributed by atoms with Crippen molar-refractivity contribution in [2.24, 2.45) is 4.99 Å². The van der Waals surface area contributed by atoms with Gasteiger partial charge in [0.25, 0.3) is 0 Å². The summed E-state index contributed by atoms with van der Waals surface area (Å²) in [4.78, 5) is 4.40. The van der Waals surface area contributed by atoms with Crippen molar-refractivity contribution in [3.05, 3.63) is 48.0 Å². The molecule has 0 aliphatic heterocycles. The predicted molar refractivity (Wildman–Crippen MR) is 154 cm³/mol. The largest absolute Gasteiger partial charge is 0.507 e. The van der Waals surface area contributed by atoms with E-state index in [-0.39, 0.29) is 5.75 Å². The molecule has 0 atom stereocenters. The van der Waals surface area contributed by atoms with Gasteiger partial charge in [0, 0.05) is 23.4 Å². The lowest BCUT2D eigenvalue weighted by atomic mass is 10.1. The second kappa shape index (κ2) is 16.7. The van der Waals surface area contributed by atoms with E-state index >= 15 is 0 Å². The van der Waals surface area contributed by atoms with Crippen LogP contribution in [0.5, 0.6) is 17.2 Å². The molecule has 3 aromatic rings. The number of nitrogens with zero attached hydrogens (tertiary/aromatic N) is 3. The first kappa shape index (κ1) is 28.6. The molecule has 7 heteroatoms. The molecule has 200 valence electrons. The first-order valence-electron chi connectivity index (χ1n) is 13.8. The molecule has 0 amide bonds. The minimum atomic E-state index is 0.129. The van der Waals surface area contributed by atoms with Crippen molar-refractivity contribution in [2.75, 3.05) is 13.2 Å². The summed E-state index contributed by atoms with van der Waals surface area (Å²) in [5.74, 6) is 1.67. The Kier molecular flexibility index (Phi) is 13.0. The van der Waals surface area contributed by atoms with E-state index in [9.17, 15) is 5.11 Å². The number of aromatic nitrogens is 2. The molecule has 0 aliphatic carbocycles. The van der Waals surface area contributed by atoms with Gasteiger partial charge in [0.15, 0.2) is 0 Å². The second-order valence-electron chi connectivity index (χ2n) is 9.27. The normalized spacial score (nSPS) is 11.3. The maximum Gasteiger partial charge on any atom is 0.231 e. The number of phenolic OH excluding ortho intramolecular Hbond substituents is 1. The van der Waals surface area contributed by atoms with E-state index in [1.54, 1.807) is 18.3 Å². The average Bonchev–Trinajstić information content (AvgIpc) is 3.39. The minimum Gasteiger partial charge on any atom is -0.507 e. The molecule has 1 aromatic heterocycles. The molecule has 1 heterocycles. The fourth-order valence-corrected chi connectivity index (χ4v) is 4.59. The molecule has 0 saturated carbocycles. The maximum absolute atomic E-state index is 10.3. The SMILES string of the molecule is CCCCCCCCCCOc1ccc(-c2nnc(/N=C/c3ccc(OCCCCC)cc3O)s2)cc1. The van der Waals surface area contributed by atoms with E-state index in [1.807, 2.05) is 30.3 Å². The molecule has 1 N–H and O–H groups in total. The summed E-state index contributed by atoms with van der Waals surface area (Å²) in [5.41, 5.74) is 1.58. The van der Waals surface area contributed by atoms with E-state index in [0.29, 0.717) is 23.1 Å². The zero-order chi connectivity index (χ0) is 26.1. The van der Waals surface area contributed by atoms with Crippen molar-refractivity contribution < 1.29 is 14.6 Å². The summed E-state index contributed by atoms with van der Waals surface area (Å²) in [6, 6.07) is 13.2. The average molecular weight is 524 g/mol. The highest BCUT2D eigenvalue weighted by Crippen LogP contribution is 2.30. The quantitative estimate of drug-likeness (QED) is 0.133. The molecule has 0 radical (unpaired) electrons. The lowest BCUT2D eigenvalue weighted by Gasteiger charge is -2.07. The van der Waals surface area contributed by atoms with Gasteiger partial charge in [0.2, 0.25) is 5.13 Å². The van der Waals surface area contributed by atoms with Crippen LogP contribution in [0, 0.1) is 0 Å². The predicted octanol–water partition coefficient (Wildman–Crippen LogP) is 8.75. The Labute approximate surface area is 225 Å². The van der Waals surface area contributed by atoms with Crippen LogP contribution < -0.4 is 9.47 Å². The fraction of sp³-hybridized carbons (Fsp3) is 0.500. The van der Waals surface area contributed by atoms with Crippen LogP contribution in [0.2, 0.25) is 0 Å². The first-order valence-corrected chi connectivity index (χ1v) is 14.6. The smallest absolute Gasteiger partial charge is 0.231 e. The van der Waals surface area contributed by atoms with Crippen LogP contribution >= 0.6 is 11.3 Å². The molecule has 0 unspecified atom stereocenters. The van der Waals surface area contributed by atoms with Crippen LogP contribution in [-0.2, 0) is 0 Å². The lowest BCUT2D eigenvalue weighted by molar-refractivity contribution is 0.304. The zero-order valence-electron chi connectivity index (χ0n) is 22.3. The Morgan fingerprint density at radius 3 is 2.05 bits per heavy atom. The summed E-state index contributed by atoms with van der Waals surface area (Å²) in [7, 11) is 0. The number of unbranched alkanes of at least 4 members (excludes halogenated alkanes) is 9. The van der Waals surface area contributed by atoms with E-state index < -0.39 is 0 Å². The second-order valence-corrected chi connectivity index (χ2v) is 10.2. The van der Waals surface area contributed by atoms with Gasteiger partial charge < -0.3 is 14.6 Å². The summed E-state index contributed by atoms with van der Waals surface area (Å²) in [6.07, 6.45) is 15.2. The highest BCUT2D eigenvalue weighted by atomic mass is 32.1. The third-order valence-corrected chi connectivity index (χ3v) is 7.00. The molecule has 2 aromatic carbocycles. The highest BCUT2D eigenvalue weighted by Gasteiger charge is 2.07. The van der Waals surface area contributed by atoms with Crippen LogP contribution in [0.4, 0.5) is 5.13 Å². The van der Waals surface area contributed by atoms with Crippen LogP contribution in [-0.4, -0.2) is 34.7 Å². The van der Waals surface area contributed by atoms with Gasteiger partial charge in [-0.25, -0.2) is 4.99 Å². The number of benzene rings is 2. The van der Waals surface area contributed by atoms with Crippen molar-refractivity contribution in [3.8, 4) is 27.8 Å². The maximum atomic E-state index is 10.3. The number of hydrogen-bond acceptors (Lipinski definition) is 7. The molecule has 0 spiro atoms. The Morgan fingerprint density at radius 2 is 1.35 bits per heavy atom. The standard InChI is InChI=1S/C30H41N3O3S/c1-3-5-7-8-9-10-11-13-21-35-26-17-14-24(15-18-26)29-32-33-30(37-29)31-23-25-16-19-27(22-28(25)34)36-20-12-6-4-2/h14-19,22-23,34H,3-13,20-21H2,1-2H3/b31-23+. The third-order valence-electron chi connectivity index (χ3n) is 6.11.